The molecule has 0 N–H and O–H groups in total. The first-order chi connectivity index (χ1) is 8.75. The lowest BCUT2D eigenvalue weighted by atomic mass is 10.1. The summed E-state index contributed by atoms with van der Waals surface area (Å²) in [7, 11) is 0. The zero-order valence-electron chi connectivity index (χ0n) is 10.9. The molecule has 0 aromatic heterocycles. The number of carbonyl (C=O) groups is 1. The first kappa shape index (κ1) is 11.7. The Bertz CT molecular complexity index is 458. The second-order valence-electron chi connectivity index (χ2n) is 5.35. The van der Waals surface area contributed by atoms with E-state index in [0.29, 0.717) is 6.04 Å². The summed E-state index contributed by atoms with van der Waals surface area (Å²) >= 11 is 0. The van der Waals surface area contributed by atoms with E-state index in [-0.39, 0.29) is 5.78 Å². The molecular weight excluding hydrogens is 224 g/mol. The number of rotatable bonds is 2. The molecule has 2 fully saturated rings. The third-order valence-corrected chi connectivity index (χ3v) is 4.21. The summed E-state index contributed by atoms with van der Waals surface area (Å²) in [6.45, 7) is 6.17. The van der Waals surface area contributed by atoms with Gasteiger partial charge in [-0.05, 0) is 38.4 Å². The SMILES string of the molecule is CC(=O)c1ccccc1N1CCN2CCCC2C1. The summed E-state index contributed by atoms with van der Waals surface area (Å²) in [6.07, 6.45) is 2.63. The van der Waals surface area contributed by atoms with Crippen LogP contribution in [0.2, 0.25) is 0 Å². The Balaban J connectivity index is 1.85. The topological polar surface area (TPSA) is 23.6 Å². The number of anilines is 1. The third-order valence-electron chi connectivity index (χ3n) is 4.21. The van der Waals surface area contributed by atoms with Gasteiger partial charge in [0, 0.05) is 36.9 Å². The van der Waals surface area contributed by atoms with Crippen molar-refractivity contribution in [1.82, 2.24) is 4.90 Å². The summed E-state index contributed by atoms with van der Waals surface area (Å²) in [5.41, 5.74) is 1.99. The molecule has 2 saturated heterocycles. The first-order valence-corrected chi connectivity index (χ1v) is 6.84. The standard InChI is InChI=1S/C15H20N2O/c1-12(18)14-6-2-3-7-15(14)17-10-9-16-8-4-5-13(16)11-17/h2-3,6-7,13H,4-5,8-11H2,1H3. The van der Waals surface area contributed by atoms with Crippen LogP contribution >= 0.6 is 0 Å². The van der Waals surface area contributed by atoms with Gasteiger partial charge in [-0.15, -0.1) is 0 Å². The molecular formula is C15H20N2O. The van der Waals surface area contributed by atoms with Gasteiger partial charge in [-0.2, -0.15) is 0 Å². The second kappa shape index (κ2) is 4.73. The summed E-state index contributed by atoms with van der Waals surface area (Å²) in [6, 6.07) is 8.70. The van der Waals surface area contributed by atoms with Gasteiger partial charge < -0.3 is 4.90 Å². The normalized spacial score (nSPS) is 24.1. The van der Waals surface area contributed by atoms with Gasteiger partial charge in [0.05, 0.1) is 0 Å². The van der Waals surface area contributed by atoms with Crippen molar-refractivity contribution in [2.45, 2.75) is 25.8 Å². The van der Waals surface area contributed by atoms with Crippen molar-refractivity contribution in [1.29, 1.82) is 0 Å². The van der Waals surface area contributed by atoms with Crippen molar-refractivity contribution in [2.24, 2.45) is 0 Å². The highest BCUT2D eigenvalue weighted by Crippen LogP contribution is 2.27. The molecule has 1 unspecified atom stereocenters. The van der Waals surface area contributed by atoms with Crippen LogP contribution in [0, 0.1) is 0 Å². The average Bonchev–Trinajstić information content (AvgIpc) is 2.85. The number of carbonyl (C=O) groups excluding carboxylic acids is 1. The maximum atomic E-state index is 11.7. The largest absolute Gasteiger partial charge is 0.368 e. The fraction of sp³-hybridized carbons (Fsp3) is 0.533. The van der Waals surface area contributed by atoms with Crippen molar-refractivity contribution < 1.29 is 4.79 Å². The minimum atomic E-state index is 0.166. The van der Waals surface area contributed by atoms with E-state index < -0.39 is 0 Å². The van der Waals surface area contributed by atoms with E-state index in [9.17, 15) is 4.79 Å². The molecule has 2 aliphatic rings. The molecule has 1 atom stereocenters. The first-order valence-electron chi connectivity index (χ1n) is 6.84. The number of para-hydroxylation sites is 1. The van der Waals surface area contributed by atoms with Gasteiger partial charge in [-0.1, -0.05) is 12.1 Å². The number of Topliss-reactive ketones (excluding diaryl/α,β-unsaturated/α-hetero) is 1. The van der Waals surface area contributed by atoms with E-state index in [4.69, 9.17) is 0 Å². The Morgan fingerprint density at radius 2 is 2.06 bits per heavy atom. The van der Waals surface area contributed by atoms with Crippen molar-refractivity contribution in [3.63, 3.8) is 0 Å². The molecule has 0 radical (unpaired) electrons. The lowest BCUT2D eigenvalue weighted by Crippen LogP contribution is -2.50. The second-order valence-corrected chi connectivity index (χ2v) is 5.35. The van der Waals surface area contributed by atoms with Crippen LogP contribution in [0.4, 0.5) is 5.69 Å². The molecule has 0 amide bonds. The van der Waals surface area contributed by atoms with Crippen molar-refractivity contribution in [2.75, 3.05) is 31.1 Å². The number of hydrogen-bond donors (Lipinski definition) is 0. The molecule has 0 bridgehead atoms. The van der Waals surface area contributed by atoms with Crippen molar-refractivity contribution >= 4 is 11.5 Å². The van der Waals surface area contributed by atoms with Crippen LogP contribution in [0.3, 0.4) is 0 Å². The highest BCUT2D eigenvalue weighted by Gasteiger charge is 2.31. The zero-order valence-corrected chi connectivity index (χ0v) is 10.9. The fourth-order valence-electron chi connectivity index (χ4n) is 3.26. The Morgan fingerprint density at radius 3 is 2.89 bits per heavy atom. The van der Waals surface area contributed by atoms with Crippen LogP contribution in [0.25, 0.3) is 0 Å². The summed E-state index contributed by atoms with van der Waals surface area (Å²) in [4.78, 5) is 16.7. The summed E-state index contributed by atoms with van der Waals surface area (Å²) < 4.78 is 0. The zero-order chi connectivity index (χ0) is 12.5. The monoisotopic (exact) mass is 244 g/mol. The maximum absolute atomic E-state index is 11.7. The molecule has 0 spiro atoms. The molecule has 3 nitrogen and oxygen atoms in total. The predicted molar refractivity (Wildman–Crippen MR) is 73.3 cm³/mol. The number of fused-ring (bicyclic) bond motifs is 1. The van der Waals surface area contributed by atoms with Crippen LogP contribution in [0.15, 0.2) is 24.3 Å². The molecule has 2 aliphatic heterocycles. The van der Waals surface area contributed by atoms with Gasteiger partial charge in [-0.3, -0.25) is 9.69 Å². The van der Waals surface area contributed by atoms with Gasteiger partial charge in [0.1, 0.15) is 0 Å². The minimum absolute atomic E-state index is 0.166. The molecule has 3 heteroatoms. The van der Waals surface area contributed by atoms with E-state index >= 15 is 0 Å². The number of ketones is 1. The molecule has 3 rings (SSSR count). The van der Waals surface area contributed by atoms with Gasteiger partial charge in [0.2, 0.25) is 0 Å². The number of benzene rings is 1. The lowest BCUT2D eigenvalue weighted by Gasteiger charge is -2.39. The maximum Gasteiger partial charge on any atom is 0.161 e. The molecule has 1 aromatic carbocycles. The van der Waals surface area contributed by atoms with Crippen LogP contribution in [-0.4, -0.2) is 42.9 Å². The quantitative estimate of drug-likeness (QED) is 0.745. The summed E-state index contributed by atoms with van der Waals surface area (Å²) in [5.74, 6) is 0.166. The van der Waals surface area contributed by atoms with Crippen LogP contribution < -0.4 is 4.90 Å². The van der Waals surface area contributed by atoms with Crippen molar-refractivity contribution in [3.05, 3.63) is 29.8 Å². The summed E-state index contributed by atoms with van der Waals surface area (Å²) in [5, 5.41) is 0. The lowest BCUT2D eigenvalue weighted by molar-refractivity contribution is 0.101. The molecule has 2 heterocycles. The minimum Gasteiger partial charge on any atom is -0.368 e. The van der Waals surface area contributed by atoms with E-state index in [1.165, 1.54) is 19.4 Å². The Labute approximate surface area is 108 Å². The van der Waals surface area contributed by atoms with Gasteiger partial charge in [0.25, 0.3) is 0 Å². The van der Waals surface area contributed by atoms with E-state index in [1.807, 2.05) is 18.2 Å². The van der Waals surface area contributed by atoms with Gasteiger partial charge in [-0.25, -0.2) is 0 Å². The van der Waals surface area contributed by atoms with E-state index in [0.717, 1.165) is 30.9 Å². The molecule has 0 aliphatic carbocycles. The molecule has 18 heavy (non-hydrogen) atoms. The number of hydrogen-bond acceptors (Lipinski definition) is 3. The van der Waals surface area contributed by atoms with E-state index in [1.54, 1.807) is 6.92 Å². The average molecular weight is 244 g/mol. The van der Waals surface area contributed by atoms with E-state index in [2.05, 4.69) is 15.9 Å². The Morgan fingerprint density at radius 1 is 1.22 bits per heavy atom. The van der Waals surface area contributed by atoms with Gasteiger partial charge in [0.15, 0.2) is 5.78 Å². The highest BCUT2D eigenvalue weighted by molar-refractivity contribution is 5.99. The fourth-order valence-corrected chi connectivity index (χ4v) is 3.26. The highest BCUT2D eigenvalue weighted by atomic mass is 16.1. The molecule has 96 valence electrons. The van der Waals surface area contributed by atoms with Crippen molar-refractivity contribution in [3.8, 4) is 0 Å². The number of piperazine rings is 1. The van der Waals surface area contributed by atoms with Crippen LogP contribution in [-0.2, 0) is 0 Å². The van der Waals surface area contributed by atoms with Crippen LogP contribution in [0.5, 0.6) is 0 Å². The molecule has 0 saturated carbocycles. The smallest absolute Gasteiger partial charge is 0.161 e. The predicted octanol–water partition coefficient (Wildman–Crippen LogP) is 2.17. The Kier molecular flexibility index (Phi) is 3.08. The Hall–Kier alpha value is -1.35. The van der Waals surface area contributed by atoms with Gasteiger partial charge >= 0.3 is 0 Å². The molecule has 1 aromatic rings. The third kappa shape index (κ3) is 2.03. The van der Waals surface area contributed by atoms with Crippen LogP contribution in [0.1, 0.15) is 30.1 Å². The number of nitrogens with zero attached hydrogens (tertiary/aromatic N) is 2.